The Morgan fingerprint density at radius 3 is 2.65 bits per heavy atom. The van der Waals surface area contributed by atoms with Crippen LogP contribution in [0.3, 0.4) is 0 Å². The Hall–Kier alpha value is 0.270. The van der Waals surface area contributed by atoms with Gasteiger partial charge in [0.1, 0.15) is 0 Å². The number of nitrogens with zero attached hydrogens (tertiary/aromatic N) is 1. The summed E-state index contributed by atoms with van der Waals surface area (Å²) in [6.07, 6.45) is 12.3. The van der Waals surface area contributed by atoms with Crippen LogP contribution in [0.15, 0.2) is 0 Å². The number of hydrogen-bond donors (Lipinski definition) is 1. The summed E-state index contributed by atoms with van der Waals surface area (Å²) >= 11 is 2.13. The molecule has 1 saturated heterocycles. The van der Waals surface area contributed by atoms with Crippen molar-refractivity contribution in [3.8, 4) is 0 Å². The van der Waals surface area contributed by atoms with Gasteiger partial charge in [0.25, 0.3) is 0 Å². The van der Waals surface area contributed by atoms with E-state index < -0.39 is 0 Å². The van der Waals surface area contributed by atoms with Gasteiger partial charge in [-0.05, 0) is 45.5 Å². The van der Waals surface area contributed by atoms with Gasteiger partial charge in [-0.25, -0.2) is 0 Å². The van der Waals surface area contributed by atoms with Crippen LogP contribution in [0.5, 0.6) is 0 Å². The van der Waals surface area contributed by atoms with E-state index in [1.54, 1.807) is 0 Å². The Morgan fingerprint density at radius 2 is 2.00 bits per heavy atom. The molecule has 1 aliphatic carbocycles. The molecule has 2 rings (SSSR count). The van der Waals surface area contributed by atoms with E-state index in [-0.39, 0.29) is 0 Å². The van der Waals surface area contributed by atoms with Crippen LogP contribution < -0.4 is 5.32 Å². The zero-order chi connectivity index (χ0) is 12.1. The highest BCUT2D eigenvalue weighted by Gasteiger charge is 2.34. The van der Waals surface area contributed by atoms with Crippen LogP contribution in [0.25, 0.3) is 0 Å². The monoisotopic (exact) mass is 256 g/mol. The lowest BCUT2D eigenvalue weighted by molar-refractivity contribution is 0.165. The lowest BCUT2D eigenvalue weighted by Crippen LogP contribution is -2.50. The lowest BCUT2D eigenvalue weighted by Gasteiger charge is -2.42. The van der Waals surface area contributed by atoms with Crippen LogP contribution in [0.4, 0.5) is 0 Å². The average molecular weight is 256 g/mol. The SMILES string of the molecule is CNC1CCCN(CC2(SC)CCCCC2)C1. The van der Waals surface area contributed by atoms with E-state index in [4.69, 9.17) is 0 Å². The molecular formula is C14H28N2S. The molecule has 3 heteroatoms. The van der Waals surface area contributed by atoms with Gasteiger partial charge >= 0.3 is 0 Å². The summed E-state index contributed by atoms with van der Waals surface area (Å²) in [6.45, 7) is 3.91. The van der Waals surface area contributed by atoms with Gasteiger partial charge in [-0.1, -0.05) is 19.3 Å². The first-order valence-electron chi connectivity index (χ1n) is 7.23. The predicted octanol–water partition coefficient (Wildman–Crippen LogP) is 2.74. The van der Waals surface area contributed by atoms with E-state index >= 15 is 0 Å². The number of rotatable bonds is 4. The second kappa shape index (κ2) is 6.44. The summed E-state index contributed by atoms with van der Waals surface area (Å²) in [5, 5.41) is 3.45. The van der Waals surface area contributed by atoms with Crippen molar-refractivity contribution < 1.29 is 0 Å². The van der Waals surface area contributed by atoms with Gasteiger partial charge in [-0.15, -0.1) is 0 Å². The number of likely N-dealkylation sites (tertiary alicyclic amines) is 1. The van der Waals surface area contributed by atoms with E-state index in [0.717, 1.165) is 6.04 Å². The van der Waals surface area contributed by atoms with Crippen LogP contribution in [0.2, 0.25) is 0 Å². The summed E-state index contributed by atoms with van der Waals surface area (Å²) in [6, 6.07) is 0.728. The minimum Gasteiger partial charge on any atom is -0.316 e. The molecule has 0 radical (unpaired) electrons. The molecule has 2 fully saturated rings. The summed E-state index contributed by atoms with van der Waals surface area (Å²) in [4.78, 5) is 2.71. The molecule has 2 aliphatic rings. The molecule has 0 amide bonds. The summed E-state index contributed by atoms with van der Waals surface area (Å²) in [7, 11) is 2.11. The third-order valence-electron chi connectivity index (χ3n) is 4.62. The van der Waals surface area contributed by atoms with Crippen molar-refractivity contribution in [2.75, 3.05) is 32.9 Å². The molecule has 0 bridgehead atoms. The number of piperidine rings is 1. The Bertz CT molecular complexity index is 226. The smallest absolute Gasteiger partial charge is 0.0284 e. The molecule has 2 nitrogen and oxygen atoms in total. The van der Waals surface area contributed by atoms with Gasteiger partial charge < -0.3 is 10.2 Å². The van der Waals surface area contributed by atoms with Crippen molar-refractivity contribution in [3.63, 3.8) is 0 Å². The van der Waals surface area contributed by atoms with Crippen molar-refractivity contribution in [1.82, 2.24) is 10.2 Å². The number of likely N-dealkylation sites (N-methyl/N-ethyl adjacent to an activating group) is 1. The van der Waals surface area contributed by atoms with Crippen molar-refractivity contribution >= 4 is 11.8 Å². The van der Waals surface area contributed by atoms with Crippen LogP contribution in [-0.2, 0) is 0 Å². The zero-order valence-corrected chi connectivity index (χ0v) is 12.3. The fraction of sp³-hybridized carbons (Fsp3) is 1.00. The van der Waals surface area contributed by atoms with Crippen molar-refractivity contribution in [3.05, 3.63) is 0 Å². The van der Waals surface area contributed by atoms with Crippen molar-refractivity contribution in [2.24, 2.45) is 0 Å². The predicted molar refractivity (Wildman–Crippen MR) is 77.9 cm³/mol. The maximum absolute atomic E-state index is 3.45. The maximum atomic E-state index is 3.45. The molecule has 17 heavy (non-hydrogen) atoms. The van der Waals surface area contributed by atoms with E-state index in [0.29, 0.717) is 4.75 Å². The van der Waals surface area contributed by atoms with Gasteiger partial charge in [0, 0.05) is 23.9 Å². The standard InChI is InChI=1S/C14H28N2S/c1-15-13-7-6-10-16(11-13)12-14(17-2)8-4-3-5-9-14/h13,15H,3-12H2,1-2H3. The lowest BCUT2D eigenvalue weighted by atomic mass is 9.87. The molecule has 1 N–H and O–H groups in total. The Labute approximate surface area is 111 Å². The van der Waals surface area contributed by atoms with E-state index in [9.17, 15) is 0 Å². The summed E-state index contributed by atoms with van der Waals surface area (Å²) in [5.74, 6) is 0. The molecular weight excluding hydrogens is 228 g/mol. The highest BCUT2D eigenvalue weighted by molar-refractivity contribution is 8.00. The van der Waals surface area contributed by atoms with Crippen LogP contribution >= 0.6 is 11.8 Å². The van der Waals surface area contributed by atoms with Crippen LogP contribution in [0.1, 0.15) is 44.9 Å². The Balaban J connectivity index is 1.88. The van der Waals surface area contributed by atoms with Crippen molar-refractivity contribution in [1.29, 1.82) is 0 Å². The van der Waals surface area contributed by atoms with Gasteiger partial charge in [-0.3, -0.25) is 0 Å². The first-order valence-corrected chi connectivity index (χ1v) is 8.45. The highest BCUT2D eigenvalue weighted by atomic mass is 32.2. The van der Waals surface area contributed by atoms with Gasteiger partial charge in [0.05, 0.1) is 0 Å². The first kappa shape index (κ1) is 13.7. The van der Waals surface area contributed by atoms with Gasteiger partial charge in [0.2, 0.25) is 0 Å². The molecule has 0 aromatic carbocycles. The largest absolute Gasteiger partial charge is 0.316 e. The third kappa shape index (κ3) is 3.62. The minimum atomic E-state index is 0.577. The number of thioether (sulfide) groups is 1. The molecule has 0 aromatic rings. The molecule has 1 aliphatic heterocycles. The Morgan fingerprint density at radius 1 is 1.24 bits per heavy atom. The fourth-order valence-electron chi connectivity index (χ4n) is 3.47. The third-order valence-corrected chi connectivity index (χ3v) is 6.03. The second-order valence-electron chi connectivity index (χ2n) is 5.81. The normalized spacial score (nSPS) is 30.4. The molecule has 100 valence electrons. The molecule has 1 heterocycles. The van der Waals surface area contributed by atoms with E-state index in [2.05, 4.69) is 35.3 Å². The second-order valence-corrected chi connectivity index (χ2v) is 7.09. The van der Waals surface area contributed by atoms with Gasteiger partial charge in [-0.2, -0.15) is 11.8 Å². The van der Waals surface area contributed by atoms with Crippen LogP contribution in [0, 0.1) is 0 Å². The molecule has 0 spiro atoms. The molecule has 1 saturated carbocycles. The maximum Gasteiger partial charge on any atom is 0.0284 e. The van der Waals surface area contributed by atoms with E-state index in [1.165, 1.54) is 64.6 Å². The fourth-order valence-corrected chi connectivity index (χ4v) is 4.47. The van der Waals surface area contributed by atoms with E-state index in [1.807, 2.05) is 0 Å². The van der Waals surface area contributed by atoms with Crippen LogP contribution in [-0.4, -0.2) is 48.6 Å². The summed E-state index contributed by atoms with van der Waals surface area (Å²) in [5.41, 5.74) is 0. The van der Waals surface area contributed by atoms with Crippen molar-refractivity contribution in [2.45, 2.75) is 55.7 Å². The molecule has 1 unspecified atom stereocenters. The Kier molecular flexibility index (Phi) is 5.19. The highest BCUT2D eigenvalue weighted by Crippen LogP contribution is 2.39. The first-order chi connectivity index (χ1) is 8.28. The molecule has 0 aromatic heterocycles. The quantitative estimate of drug-likeness (QED) is 0.832. The average Bonchev–Trinajstić information content (AvgIpc) is 2.40. The minimum absolute atomic E-state index is 0.577. The number of nitrogens with one attached hydrogen (secondary N) is 1. The van der Waals surface area contributed by atoms with Gasteiger partial charge in [0.15, 0.2) is 0 Å². The summed E-state index contributed by atoms with van der Waals surface area (Å²) < 4.78 is 0.577. The topological polar surface area (TPSA) is 15.3 Å². The zero-order valence-electron chi connectivity index (χ0n) is 11.5. The molecule has 1 atom stereocenters. The number of hydrogen-bond acceptors (Lipinski definition) is 3.